The maximum Gasteiger partial charge on any atom is 0.227 e. The molecule has 136 valence electrons. The van der Waals surface area contributed by atoms with Gasteiger partial charge in [0.05, 0.1) is 5.69 Å². The number of nitrogens with one attached hydrogen (secondary N) is 1. The van der Waals surface area contributed by atoms with Crippen molar-refractivity contribution in [3.63, 3.8) is 0 Å². The molecule has 1 aromatic heterocycles. The highest BCUT2D eigenvalue weighted by Gasteiger charge is 2.24. The normalized spacial score (nSPS) is 11.6. The summed E-state index contributed by atoms with van der Waals surface area (Å²) in [6.07, 6.45) is 3.97. The zero-order valence-electron chi connectivity index (χ0n) is 15.6. The highest BCUT2D eigenvalue weighted by Crippen LogP contribution is 2.20. The van der Waals surface area contributed by atoms with E-state index in [1.165, 1.54) is 12.1 Å². The van der Waals surface area contributed by atoms with Gasteiger partial charge in [0.1, 0.15) is 5.82 Å². The van der Waals surface area contributed by atoms with Crippen LogP contribution in [0.2, 0.25) is 0 Å². The first-order valence-electron chi connectivity index (χ1n) is 8.83. The smallest absolute Gasteiger partial charge is 0.227 e. The number of carbonyl (C=O) groups excluding carboxylic acids is 1. The van der Waals surface area contributed by atoms with Crippen LogP contribution in [-0.4, -0.2) is 34.6 Å². The maximum atomic E-state index is 13.3. The number of halogens is 1. The molecule has 0 bridgehead atoms. The summed E-state index contributed by atoms with van der Waals surface area (Å²) in [7, 11) is 1.87. The van der Waals surface area contributed by atoms with Crippen LogP contribution in [0.4, 0.5) is 4.39 Å². The zero-order chi connectivity index (χ0) is 18.4. The van der Waals surface area contributed by atoms with E-state index in [1.807, 2.05) is 44.9 Å². The van der Waals surface area contributed by atoms with Crippen molar-refractivity contribution >= 4 is 5.91 Å². The molecule has 2 rings (SSSR count). The number of unbranched alkanes of at least 4 members (excludes halogenated alkanes) is 2. The molecule has 0 fully saturated rings. The van der Waals surface area contributed by atoms with E-state index < -0.39 is 0 Å². The standard InChI is InChI=1S/C20H28FN3O/c1-20(2,3)19(25)24(4)12-7-5-6-11-17-14-18(23-22-17)15-9-8-10-16(21)13-15/h8-10,13-14H,5-7,11-12H2,1-4H3,(H,22,23). The molecule has 25 heavy (non-hydrogen) atoms. The Bertz CT molecular complexity index is 703. The van der Waals surface area contributed by atoms with Crippen LogP contribution in [0.1, 0.15) is 45.7 Å². The van der Waals surface area contributed by atoms with E-state index in [-0.39, 0.29) is 17.1 Å². The number of hydrogen-bond donors (Lipinski definition) is 1. The number of rotatable bonds is 7. The first-order chi connectivity index (χ1) is 11.8. The van der Waals surface area contributed by atoms with Crippen molar-refractivity contribution in [1.82, 2.24) is 15.1 Å². The molecule has 0 radical (unpaired) electrons. The van der Waals surface area contributed by atoms with Crippen LogP contribution in [-0.2, 0) is 11.2 Å². The zero-order valence-corrected chi connectivity index (χ0v) is 15.6. The van der Waals surface area contributed by atoms with Crippen LogP contribution in [0.25, 0.3) is 11.3 Å². The number of aromatic nitrogens is 2. The van der Waals surface area contributed by atoms with Gasteiger partial charge in [-0.3, -0.25) is 9.89 Å². The number of amides is 1. The highest BCUT2D eigenvalue weighted by atomic mass is 19.1. The quantitative estimate of drug-likeness (QED) is 0.755. The Hall–Kier alpha value is -2.17. The van der Waals surface area contributed by atoms with E-state index in [9.17, 15) is 9.18 Å². The van der Waals surface area contributed by atoms with Crippen LogP contribution < -0.4 is 0 Å². The van der Waals surface area contributed by atoms with E-state index in [1.54, 1.807) is 6.07 Å². The Labute approximate surface area is 149 Å². The third-order valence-corrected chi connectivity index (χ3v) is 4.18. The fourth-order valence-corrected chi connectivity index (χ4v) is 2.80. The molecule has 0 atom stereocenters. The van der Waals surface area contributed by atoms with Gasteiger partial charge in [0, 0.05) is 30.3 Å². The summed E-state index contributed by atoms with van der Waals surface area (Å²) in [5.74, 6) is -0.0724. The van der Waals surface area contributed by atoms with Crippen molar-refractivity contribution in [3.8, 4) is 11.3 Å². The van der Waals surface area contributed by atoms with Crippen molar-refractivity contribution in [2.45, 2.75) is 46.5 Å². The lowest BCUT2D eigenvalue weighted by atomic mass is 9.95. The lowest BCUT2D eigenvalue weighted by molar-refractivity contribution is -0.138. The summed E-state index contributed by atoms with van der Waals surface area (Å²) in [5.41, 5.74) is 2.28. The molecule has 0 saturated carbocycles. The van der Waals surface area contributed by atoms with Gasteiger partial charge in [0.15, 0.2) is 0 Å². The van der Waals surface area contributed by atoms with Gasteiger partial charge in [-0.2, -0.15) is 5.10 Å². The van der Waals surface area contributed by atoms with Gasteiger partial charge in [-0.25, -0.2) is 4.39 Å². The number of hydrogen-bond acceptors (Lipinski definition) is 2. The lowest BCUT2D eigenvalue weighted by Crippen LogP contribution is -2.37. The molecule has 0 aliphatic rings. The third kappa shape index (κ3) is 5.69. The second-order valence-corrected chi connectivity index (χ2v) is 7.58. The van der Waals surface area contributed by atoms with Crippen LogP contribution in [0, 0.1) is 11.2 Å². The van der Waals surface area contributed by atoms with Gasteiger partial charge < -0.3 is 4.90 Å². The number of nitrogens with zero attached hydrogens (tertiary/aromatic N) is 2. The number of carbonyl (C=O) groups is 1. The Morgan fingerprint density at radius 3 is 2.64 bits per heavy atom. The summed E-state index contributed by atoms with van der Waals surface area (Å²) in [6, 6.07) is 8.43. The molecule has 0 saturated heterocycles. The number of H-pyrrole nitrogens is 1. The van der Waals surface area contributed by atoms with Gasteiger partial charge in [-0.1, -0.05) is 39.3 Å². The van der Waals surface area contributed by atoms with Crippen molar-refractivity contribution in [2.75, 3.05) is 13.6 Å². The Morgan fingerprint density at radius 1 is 1.20 bits per heavy atom. The van der Waals surface area contributed by atoms with Crippen molar-refractivity contribution < 1.29 is 9.18 Å². The average Bonchev–Trinajstić information content (AvgIpc) is 3.01. The van der Waals surface area contributed by atoms with Crippen molar-refractivity contribution in [2.24, 2.45) is 5.41 Å². The Morgan fingerprint density at radius 2 is 1.96 bits per heavy atom. The van der Waals surface area contributed by atoms with E-state index in [0.29, 0.717) is 0 Å². The van der Waals surface area contributed by atoms with Gasteiger partial charge in [-0.15, -0.1) is 0 Å². The van der Waals surface area contributed by atoms with Crippen molar-refractivity contribution in [1.29, 1.82) is 0 Å². The molecule has 1 aromatic carbocycles. The molecule has 1 N–H and O–H groups in total. The van der Waals surface area contributed by atoms with Gasteiger partial charge in [0.25, 0.3) is 0 Å². The molecule has 0 unspecified atom stereocenters. The van der Waals surface area contributed by atoms with Crippen LogP contribution >= 0.6 is 0 Å². The van der Waals surface area contributed by atoms with Gasteiger partial charge in [0.2, 0.25) is 5.91 Å². The first-order valence-corrected chi connectivity index (χ1v) is 8.83. The molecule has 1 amide bonds. The van der Waals surface area contributed by atoms with E-state index in [4.69, 9.17) is 0 Å². The predicted octanol–water partition coefficient (Wildman–Crippen LogP) is 4.43. The minimum Gasteiger partial charge on any atom is -0.345 e. The highest BCUT2D eigenvalue weighted by molar-refractivity contribution is 5.81. The van der Waals surface area contributed by atoms with Crippen LogP contribution in [0.15, 0.2) is 30.3 Å². The summed E-state index contributed by atoms with van der Waals surface area (Å²) in [4.78, 5) is 13.9. The first kappa shape index (κ1) is 19.2. The molecule has 0 aliphatic heterocycles. The predicted molar refractivity (Wildman–Crippen MR) is 98.6 cm³/mol. The monoisotopic (exact) mass is 345 g/mol. The second kappa shape index (κ2) is 8.28. The lowest BCUT2D eigenvalue weighted by Gasteiger charge is -2.25. The Balaban J connectivity index is 1.73. The molecule has 5 heteroatoms. The number of benzene rings is 1. The third-order valence-electron chi connectivity index (χ3n) is 4.18. The van der Waals surface area contributed by atoms with Crippen LogP contribution in [0.3, 0.4) is 0 Å². The van der Waals surface area contributed by atoms with E-state index in [2.05, 4.69) is 10.2 Å². The molecular weight excluding hydrogens is 317 g/mol. The van der Waals surface area contributed by atoms with E-state index in [0.717, 1.165) is 49.2 Å². The largest absolute Gasteiger partial charge is 0.345 e. The number of aryl methyl sites for hydroxylation is 1. The molecule has 0 spiro atoms. The molecule has 1 heterocycles. The summed E-state index contributed by atoms with van der Waals surface area (Å²) in [5, 5.41) is 7.28. The minimum absolute atomic E-state index is 0.181. The maximum absolute atomic E-state index is 13.3. The SMILES string of the molecule is CN(CCCCCc1cc(-c2cccc(F)c2)n[nH]1)C(=O)C(C)(C)C. The molecule has 0 aliphatic carbocycles. The van der Waals surface area contributed by atoms with Crippen LogP contribution in [0.5, 0.6) is 0 Å². The summed E-state index contributed by atoms with van der Waals surface area (Å²) >= 11 is 0. The fourth-order valence-electron chi connectivity index (χ4n) is 2.80. The topological polar surface area (TPSA) is 49.0 Å². The van der Waals surface area contributed by atoms with Crippen molar-refractivity contribution in [3.05, 3.63) is 41.8 Å². The van der Waals surface area contributed by atoms with E-state index >= 15 is 0 Å². The average molecular weight is 345 g/mol. The summed E-state index contributed by atoms with van der Waals surface area (Å²) in [6.45, 7) is 6.62. The minimum atomic E-state index is -0.321. The van der Waals surface area contributed by atoms with Gasteiger partial charge in [-0.05, 0) is 37.5 Å². The molecule has 2 aromatic rings. The summed E-state index contributed by atoms with van der Waals surface area (Å²) < 4.78 is 13.3. The fraction of sp³-hybridized carbons (Fsp3) is 0.500. The second-order valence-electron chi connectivity index (χ2n) is 7.58. The number of aromatic amines is 1. The van der Waals surface area contributed by atoms with Gasteiger partial charge >= 0.3 is 0 Å². The Kier molecular flexibility index (Phi) is 6.34. The molecule has 4 nitrogen and oxygen atoms in total. The molecular formula is C20H28FN3O.